The van der Waals surface area contributed by atoms with Crippen LogP contribution in [0.25, 0.3) is 0 Å². The molecule has 0 fully saturated rings. The van der Waals surface area contributed by atoms with Crippen molar-refractivity contribution in [3.05, 3.63) is 58.5 Å². The van der Waals surface area contributed by atoms with Crippen LogP contribution in [0.3, 0.4) is 0 Å². The second kappa shape index (κ2) is 8.88. The number of carbonyl (C=O) groups excluding carboxylic acids is 3. The molecule has 1 aromatic carbocycles. The third kappa shape index (κ3) is 5.88. The number of nitrogens with one attached hydrogen (secondary N) is 3. The van der Waals surface area contributed by atoms with Crippen LogP contribution in [0, 0.1) is 0 Å². The van der Waals surface area contributed by atoms with E-state index in [4.69, 9.17) is 4.42 Å². The van der Waals surface area contributed by atoms with E-state index in [0.717, 1.165) is 4.47 Å². The molecule has 7 nitrogen and oxygen atoms in total. The summed E-state index contributed by atoms with van der Waals surface area (Å²) < 4.78 is 5.93. The molecule has 2 rings (SSSR count). The highest BCUT2D eigenvalue weighted by molar-refractivity contribution is 9.10. The lowest BCUT2D eigenvalue weighted by molar-refractivity contribution is -0.126. The van der Waals surface area contributed by atoms with Gasteiger partial charge in [-0.25, -0.2) is 0 Å². The van der Waals surface area contributed by atoms with Crippen LogP contribution >= 0.6 is 15.9 Å². The zero-order chi connectivity index (χ0) is 17.4. The van der Waals surface area contributed by atoms with Gasteiger partial charge in [-0.15, -0.1) is 0 Å². The van der Waals surface area contributed by atoms with Gasteiger partial charge in [-0.1, -0.05) is 15.9 Å². The topological polar surface area (TPSA) is 100 Å². The Morgan fingerprint density at radius 2 is 1.67 bits per heavy atom. The largest absolute Gasteiger partial charge is 0.467 e. The lowest BCUT2D eigenvalue weighted by Crippen LogP contribution is -2.42. The third-order valence-corrected chi connectivity index (χ3v) is 3.57. The molecule has 24 heavy (non-hydrogen) atoms. The molecule has 0 saturated heterocycles. The Morgan fingerprint density at radius 1 is 0.958 bits per heavy atom. The minimum absolute atomic E-state index is 0.0146. The van der Waals surface area contributed by atoms with E-state index in [1.54, 1.807) is 36.4 Å². The van der Waals surface area contributed by atoms with Gasteiger partial charge in [-0.05, 0) is 36.4 Å². The molecule has 1 aromatic heterocycles. The standard InChI is InChI=1S/C16H16BrN3O4/c17-12-5-3-11(4-6-12)16(23)20-19-15(22)8-7-14(21)18-10-13-2-1-9-24-13/h1-6,9H,7-8,10H2,(H,18,21)(H,19,22)(H,20,23). The Bertz CT molecular complexity index is 699. The van der Waals surface area contributed by atoms with Gasteiger partial charge in [0.15, 0.2) is 0 Å². The van der Waals surface area contributed by atoms with Gasteiger partial charge in [-0.3, -0.25) is 25.2 Å². The number of amides is 3. The summed E-state index contributed by atoms with van der Waals surface area (Å²) in [5.41, 5.74) is 4.98. The molecule has 3 N–H and O–H groups in total. The van der Waals surface area contributed by atoms with Crippen molar-refractivity contribution in [1.29, 1.82) is 0 Å². The highest BCUT2D eigenvalue weighted by Gasteiger charge is 2.09. The van der Waals surface area contributed by atoms with E-state index < -0.39 is 11.8 Å². The van der Waals surface area contributed by atoms with Gasteiger partial charge in [0.1, 0.15) is 5.76 Å². The first-order valence-corrected chi connectivity index (χ1v) is 7.98. The van der Waals surface area contributed by atoms with Gasteiger partial charge < -0.3 is 9.73 Å². The van der Waals surface area contributed by atoms with Crippen LogP contribution in [0.1, 0.15) is 29.0 Å². The number of benzene rings is 1. The van der Waals surface area contributed by atoms with Crippen molar-refractivity contribution < 1.29 is 18.8 Å². The smallest absolute Gasteiger partial charge is 0.269 e. The van der Waals surface area contributed by atoms with Crippen LogP contribution in [-0.2, 0) is 16.1 Å². The van der Waals surface area contributed by atoms with Crippen molar-refractivity contribution in [3.8, 4) is 0 Å². The maximum atomic E-state index is 11.8. The number of furan rings is 1. The van der Waals surface area contributed by atoms with Crippen molar-refractivity contribution >= 4 is 33.7 Å². The molecule has 0 radical (unpaired) electrons. The monoisotopic (exact) mass is 393 g/mol. The molecule has 0 unspecified atom stereocenters. The van der Waals surface area contributed by atoms with Crippen molar-refractivity contribution in [1.82, 2.24) is 16.2 Å². The Kier molecular flexibility index (Phi) is 6.56. The summed E-state index contributed by atoms with van der Waals surface area (Å²) >= 11 is 3.27. The first-order chi connectivity index (χ1) is 11.5. The third-order valence-electron chi connectivity index (χ3n) is 3.04. The van der Waals surface area contributed by atoms with E-state index in [1.165, 1.54) is 6.26 Å². The van der Waals surface area contributed by atoms with Gasteiger partial charge in [0.25, 0.3) is 5.91 Å². The molecule has 0 bridgehead atoms. The Morgan fingerprint density at radius 3 is 2.33 bits per heavy atom. The molecule has 0 atom stereocenters. The molecule has 0 aliphatic carbocycles. The van der Waals surface area contributed by atoms with Gasteiger partial charge in [0, 0.05) is 22.9 Å². The molecular formula is C16H16BrN3O4. The molecule has 8 heteroatoms. The zero-order valence-electron chi connectivity index (χ0n) is 12.7. The summed E-state index contributed by atoms with van der Waals surface area (Å²) in [6.45, 7) is 0.272. The predicted molar refractivity (Wildman–Crippen MR) is 89.5 cm³/mol. The van der Waals surface area contributed by atoms with Crippen LogP contribution in [0.2, 0.25) is 0 Å². The summed E-state index contributed by atoms with van der Waals surface area (Å²) in [5.74, 6) is -0.526. The number of halogens is 1. The van der Waals surface area contributed by atoms with Crippen LogP contribution in [-0.4, -0.2) is 17.7 Å². The summed E-state index contributed by atoms with van der Waals surface area (Å²) in [6, 6.07) is 10.1. The second-order valence-electron chi connectivity index (χ2n) is 4.87. The fraction of sp³-hybridized carbons (Fsp3) is 0.188. The number of hydrogen-bond donors (Lipinski definition) is 3. The number of rotatable bonds is 6. The predicted octanol–water partition coefficient (Wildman–Crippen LogP) is 1.90. The fourth-order valence-corrected chi connectivity index (χ4v) is 2.04. The highest BCUT2D eigenvalue weighted by Crippen LogP contribution is 2.10. The maximum Gasteiger partial charge on any atom is 0.269 e. The van der Waals surface area contributed by atoms with Crippen LogP contribution in [0.4, 0.5) is 0 Å². The first-order valence-electron chi connectivity index (χ1n) is 7.18. The summed E-state index contributed by atoms with van der Waals surface area (Å²) in [7, 11) is 0. The van der Waals surface area contributed by atoms with Crippen molar-refractivity contribution in [2.45, 2.75) is 19.4 Å². The quantitative estimate of drug-likeness (QED) is 0.652. The average molecular weight is 394 g/mol. The first kappa shape index (κ1) is 17.7. The molecule has 126 valence electrons. The average Bonchev–Trinajstić information content (AvgIpc) is 3.10. The normalized spacial score (nSPS) is 10.0. The van der Waals surface area contributed by atoms with Crippen molar-refractivity contribution in [3.63, 3.8) is 0 Å². The second-order valence-corrected chi connectivity index (χ2v) is 5.78. The van der Waals surface area contributed by atoms with E-state index in [-0.39, 0.29) is 25.3 Å². The van der Waals surface area contributed by atoms with Gasteiger partial charge in [-0.2, -0.15) is 0 Å². The van der Waals surface area contributed by atoms with Crippen LogP contribution < -0.4 is 16.2 Å². The Labute approximate surface area is 146 Å². The molecular weight excluding hydrogens is 378 g/mol. The maximum absolute atomic E-state index is 11.8. The molecule has 0 saturated carbocycles. The lowest BCUT2D eigenvalue weighted by Gasteiger charge is -2.07. The minimum Gasteiger partial charge on any atom is -0.467 e. The highest BCUT2D eigenvalue weighted by atomic mass is 79.9. The fourth-order valence-electron chi connectivity index (χ4n) is 1.78. The number of hydrogen-bond acceptors (Lipinski definition) is 4. The van der Waals surface area contributed by atoms with E-state index >= 15 is 0 Å². The molecule has 0 spiro atoms. The lowest BCUT2D eigenvalue weighted by atomic mass is 10.2. The molecule has 0 aliphatic heterocycles. The molecule has 1 heterocycles. The Balaban J connectivity index is 1.64. The van der Waals surface area contributed by atoms with Crippen molar-refractivity contribution in [2.24, 2.45) is 0 Å². The van der Waals surface area contributed by atoms with Gasteiger partial charge in [0.05, 0.1) is 12.8 Å². The van der Waals surface area contributed by atoms with E-state index in [0.29, 0.717) is 11.3 Å². The van der Waals surface area contributed by atoms with Crippen molar-refractivity contribution in [2.75, 3.05) is 0 Å². The van der Waals surface area contributed by atoms with E-state index in [2.05, 4.69) is 32.1 Å². The number of carbonyl (C=O) groups is 3. The molecule has 3 amide bonds. The summed E-state index contributed by atoms with van der Waals surface area (Å²) in [5, 5.41) is 2.63. The minimum atomic E-state index is -0.450. The molecule has 0 aliphatic rings. The number of hydrazine groups is 1. The van der Waals surface area contributed by atoms with Crippen LogP contribution in [0.5, 0.6) is 0 Å². The van der Waals surface area contributed by atoms with Crippen LogP contribution in [0.15, 0.2) is 51.6 Å². The zero-order valence-corrected chi connectivity index (χ0v) is 14.3. The molecule has 2 aromatic rings. The SMILES string of the molecule is O=C(CCC(=O)NNC(=O)c1ccc(Br)cc1)NCc1ccco1. The summed E-state index contributed by atoms with van der Waals surface area (Å²) in [4.78, 5) is 35.0. The summed E-state index contributed by atoms with van der Waals surface area (Å²) in [6.07, 6.45) is 1.49. The van der Waals surface area contributed by atoms with Gasteiger partial charge in [0.2, 0.25) is 11.8 Å². The Hall–Kier alpha value is -2.61. The van der Waals surface area contributed by atoms with E-state index in [1.807, 2.05) is 0 Å². The van der Waals surface area contributed by atoms with Gasteiger partial charge >= 0.3 is 0 Å². The van der Waals surface area contributed by atoms with E-state index in [9.17, 15) is 14.4 Å².